The van der Waals surface area contributed by atoms with Gasteiger partial charge in [0.15, 0.2) is 0 Å². The van der Waals surface area contributed by atoms with Crippen LogP contribution in [0.3, 0.4) is 0 Å². The third-order valence-electron chi connectivity index (χ3n) is 2.54. The molecular formula is C15H13NO. The lowest BCUT2D eigenvalue weighted by atomic mass is 10.0. The number of hydrogen-bond acceptors (Lipinski definition) is 1. The number of carbonyl (C=O) groups is 1. The summed E-state index contributed by atoms with van der Waals surface area (Å²) in [6.45, 7) is 2.04. The second kappa shape index (κ2) is 5.30. The fourth-order valence-electron chi connectivity index (χ4n) is 1.66. The summed E-state index contributed by atoms with van der Waals surface area (Å²) in [5.74, 6) is -0.0988. The third-order valence-corrected chi connectivity index (χ3v) is 2.54. The number of aryl methyl sites for hydroxylation is 1. The van der Waals surface area contributed by atoms with Gasteiger partial charge in [-0.25, -0.2) is 0 Å². The van der Waals surface area contributed by atoms with Gasteiger partial charge in [-0.3, -0.25) is 4.79 Å². The van der Waals surface area contributed by atoms with E-state index in [0.29, 0.717) is 11.3 Å². The van der Waals surface area contributed by atoms with Crippen LogP contribution in [0.25, 0.3) is 0 Å². The topological polar surface area (TPSA) is 29.1 Å². The molecule has 1 N–H and O–H groups in total. The van der Waals surface area contributed by atoms with Crippen LogP contribution < -0.4 is 5.32 Å². The lowest BCUT2D eigenvalue weighted by Gasteiger charge is -2.08. The summed E-state index contributed by atoms with van der Waals surface area (Å²) in [5, 5.41) is 2.81. The monoisotopic (exact) mass is 223 g/mol. The van der Waals surface area contributed by atoms with Gasteiger partial charge in [-0.2, -0.15) is 0 Å². The fraction of sp³-hybridized carbons (Fsp3) is 0.133. The molecular weight excluding hydrogens is 210 g/mol. The van der Waals surface area contributed by atoms with E-state index < -0.39 is 0 Å². The number of anilines is 1. The zero-order valence-electron chi connectivity index (χ0n) is 9.66. The third kappa shape index (κ3) is 2.72. The van der Waals surface area contributed by atoms with Gasteiger partial charge in [0.25, 0.3) is 5.91 Å². The molecule has 1 amide bonds. The van der Waals surface area contributed by atoms with Gasteiger partial charge in [0.05, 0.1) is 0 Å². The molecule has 0 aliphatic rings. The molecule has 2 nitrogen and oxygen atoms in total. The second-order valence-electron chi connectivity index (χ2n) is 3.67. The van der Waals surface area contributed by atoms with E-state index in [4.69, 9.17) is 0 Å². The Labute approximate surface area is 101 Å². The van der Waals surface area contributed by atoms with Gasteiger partial charge < -0.3 is 5.32 Å². The minimum atomic E-state index is -0.0988. The molecule has 84 valence electrons. The van der Waals surface area contributed by atoms with Crippen molar-refractivity contribution >= 4 is 11.6 Å². The molecule has 0 spiro atoms. The average molecular weight is 223 g/mol. The van der Waals surface area contributed by atoms with Crippen LogP contribution in [-0.4, -0.2) is 5.91 Å². The minimum Gasteiger partial charge on any atom is -0.321 e. The maximum atomic E-state index is 12.0. The summed E-state index contributed by atoms with van der Waals surface area (Å²) in [6, 6.07) is 18.6. The van der Waals surface area contributed by atoms with Gasteiger partial charge in [0.2, 0.25) is 0 Å². The van der Waals surface area contributed by atoms with Crippen LogP contribution in [-0.2, 0) is 6.42 Å². The van der Waals surface area contributed by atoms with Crippen molar-refractivity contribution in [2.75, 3.05) is 5.32 Å². The summed E-state index contributed by atoms with van der Waals surface area (Å²) in [7, 11) is 0. The second-order valence-corrected chi connectivity index (χ2v) is 3.67. The largest absolute Gasteiger partial charge is 0.321 e. The Hall–Kier alpha value is -2.09. The van der Waals surface area contributed by atoms with Crippen molar-refractivity contribution in [3.8, 4) is 0 Å². The zero-order chi connectivity index (χ0) is 12.1. The van der Waals surface area contributed by atoms with Crippen molar-refractivity contribution in [3.05, 3.63) is 65.7 Å². The summed E-state index contributed by atoms with van der Waals surface area (Å²) in [5.41, 5.74) is 2.40. The first kappa shape index (κ1) is 11.4. The molecule has 0 aromatic heterocycles. The molecule has 0 atom stereocenters. The maximum absolute atomic E-state index is 12.0. The van der Waals surface area contributed by atoms with E-state index in [-0.39, 0.29) is 5.91 Å². The fourth-order valence-corrected chi connectivity index (χ4v) is 1.66. The molecule has 2 aromatic rings. The van der Waals surface area contributed by atoms with Gasteiger partial charge >= 0.3 is 0 Å². The Morgan fingerprint density at radius 2 is 2.12 bits per heavy atom. The van der Waals surface area contributed by atoms with Crippen LogP contribution in [0, 0.1) is 12.1 Å². The molecule has 0 saturated carbocycles. The van der Waals surface area contributed by atoms with E-state index >= 15 is 0 Å². The first-order valence-corrected chi connectivity index (χ1v) is 5.58. The Bertz CT molecular complexity index is 505. The van der Waals surface area contributed by atoms with Gasteiger partial charge in [0, 0.05) is 17.3 Å². The molecule has 2 radical (unpaired) electrons. The SMILES string of the molecule is CCc1ccccc1C(=O)Nc1[c]cc[c]c1. The van der Waals surface area contributed by atoms with E-state index in [1.54, 1.807) is 18.2 Å². The summed E-state index contributed by atoms with van der Waals surface area (Å²) in [4.78, 5) is 12.0. The lowest BCUT2D eigenvalue weighted by molar-refractivity contribution is 0.102. The highest BCUT2D eigenvalue weighted by Gasteiger charge is 2.09. The summed E-state index contributed by atoms with van der Waals surface area (Å²) >= 11 is 0. The molecule has 0 heterocycles. The minimum absolute atomic E-state index is 0.0988. The highest BCUT2D eigenvalue weighted by atomic mass is 16.1. The molecule has 2 heteroatoms. The predicted octanol–water partition coefficient (Wildman–Crippen LogP) is 3.10. The lowest BCUT2D eigenvalue weighted by Crippen LogP contribution is -2.13. The van der Waals surface area contributed by atoms with Gasteiger partial charge in [-0.15, -0.1) is 0 Å². The highest BCUT2D eigenvalue weighted by molar-refractivity contribution is 6.05. The van der Waals surface area contributed by atoms with Crippen LogP contribution in [0.1, 0.15) is 22.8 Å². The van der Waals surface area contributed by atoms with E-state index in [1.807, 2.05) is 31.2 Å². The van der Waals surface area contributed by atoms with E-state index in [0.717, 1.165) is 12.0 Å². The van der Waals surface area contributed by atoms with E-state index in [9.17, 15) is 4.79 Å². The van der Waals surface area contributed by atoms with Crippen molar-refractivity contribution in [3.63, 3.8) is 0 Å². The molecule has 0 bridgehead atoms. The van der Waals surface area contributed by atoms with Crippen molar-refractivity contribution in [2.24, 2.45) is 0 Å². The highest BCUT2D eigenvalue weighted by Crippen LogP contribution is 2.12. The van der Waals surface area contributed by atoms with Gasteiger partial charge in [0.1, 0.15) is 0 Å². The molecule has 2 rings (SSSR count). The molecule has 0 aliphatic carbocycles. The Kier molecular flexibility index (Phi) is 3.55. The van der Waals surface area contributed by atoms with E-state index in [1.165, 1.54) is 0 Å². The number of carbonyl (C=O) groups excluding carboxylic acids is 1. The first-order valence-electron chi connectivity index (χ1n) is 5.58. The summed E-state index contributed by atoms with van der Waals surface area (Å²) < 4.78 is 0. The zero-order valence-corrected chi connectivity index (χ0v) is 9.66. The Morgan fingerprint density at radius 3 is 2.82 bits per heavy atom. The Morgan fingerprint density at radius 1 is 1.29 bits per heavy atom. The molecule has 0 saturated heterocycles. The van der Waals surface area contributed by atoms with Crippen LogP contribution >= 0.6 is 0 Å². The van der Waals surface area contributed by atoms with Crippen molar-refractivity contribution in [2.45, 2.75) is 13.3 Å². The molecule has 0 fully saturated rings. The van der Waals surface area contributed by atoms with Crippen molar-refractivity contribution in [1.82, 2.24) is 0 Å². The molecule has 0 aliphatic heterocycles. The van der Waals surface area contributed by atoms with Gasteiger partial charge in [-0.05, 0) is 30.2 Å². The predicted molar refractivity (Wildman–Crippen MR) is 67.9 cm³/mol. The Balaban J connectivity index is 2.20. The first-order chi connectivity index (χ1) is 8.31. The number of benzene rings is 2. The molecule has 17 heavy (non-hydrogen) atoms. The molecule has 2 aromatic carbocycles. The van der Waals surface area contributed by atoms with Crippen LogP contribution in [0.2, 0.25) is 0 Å². The normalized spacial score (nSPS) is 9.94. The number of amides is 1. The van der Waals surface area contributed by atoms with Crippen LogP contribution in [0.15, 0.2) is 42.5 Å². The van der Waals surface area contributed by atoms with Gasteiger partial charge in [-0.1, -0.05) is 37.3 Å². The standard InChI is InChI=1S/C15H13NO/c1-2-12-8-6-7-11-14(12)15(17)16-13-9-4-3-5-10-13/h3-4,6-8,10-11H,2H2,1H3,(H,16,17). The smallest absolute Gasteiger partial charge is 0.255 e. The van der Waals surface area contributed by atoms with E-state index in [2.05, 4.69) is 17.4 Å². The van der Waals surface area contributed by atoms with Crippen molar-refractivity contribution in [1.29, 1.82) is 0 Å². The van der Waals surface area contributed by atoms with Crippen molar-refractivity contribution < 1.29 is 4.79 Å². The number of hydrogen-bond donors (Lipinski definition) is 1. The number of rotatable bonds is 3. The maximum Gasteiger partial charge on any atom is 0.255 e. The summed E-state index contributed by atoms with van der Waals surface area (Å²) in [6.07, 6.45) is 0.841. The van der Waals surface area contributed by atoms with Crippen LogP contribution in [0.4, 0.5) is 5.69 Å². The van der Waals surface area contributed by atoms with Crippen LogP contribution in [0.5, 0.6) is 0 Å². The quantitative estimate of drug-likeness (QED) is 0.851. The number of nitrogens with one attached hydrogen (secondary N) is 1. The molecule has 0 unspecified atom stereocenters. The average Bonchev–Trinajstić information content (AvgIpc) is 2.40.